The van der Waals surface area contributed by atoms with Crippen LogP contribution in [0.2, 0.25) is 0 Å². The first-order valence-electron chi connectivity index (χ1n) is 11.2. The average Bonchev–Trinajstić information content (AvgIpc) is 2.66. The normalized spacial score (nSPS) is 18.3. The van der Waals surface area contributed by atoms with Crippen LogP contribution in [0.25, 0.3) is 0 Å². The van der Waals surface area contributed by atoms with E-state index in [0.717, 1.165) is 43.3 Å². The van der Waals surface area contributed by atoms with Crippen molar-refractivity contribution < 1.29 is 19.3 Å². The zero-order chi connectivity index (χ0) is 23.8. The van der Waals surface area contributed by atoms with Crippen molar-refractivity contribution in [2.75, 3.05) is 13.2 Å². The fourth-order valence-electron chi connectivity index (χ4n) is 3.06. The van der Waals surface area contributed by atoms with Crippen LogP contribution in [0.4, 0.5) is 0 Å². The van der Waals surface area contributed by atoms with Gasteiger partial charge in [-0.05, 0) is 79.2 Å². The molecule has 0 heterocycles. The molecule has 1 rings (SSSR count). The van der Waals surface area contributed by atoms with Gasteiger partial charge in [-0.25, -0.2) is 9.78 Å². The van der Waals surface area contributed by atoms with Crippen LogP contribution in [0.1, 0.15) is 80.6 Å². The Hall–Kier alpha value is -1.91. The lowest BCUT2D eigenvalue weighted by Gasteiger charge is -2.30. The smallest absolute Gasteiger partial charge is 0.302 e. The Balaban J connectivity index is 0.000000842. The van der Waals surface area contributed by atoms with Gasteiger partial charge in [-0.15, -0.1) is 13.2 Å². The quantitative estimate of drug-likeness (QED) is 0.112. The van der Waals surface area contributed by atoms with Crippen molar-refractivity contribution in [1.29, 1.82) is 0 Å². The summed E-state index contributed by atoms with van der Waals surface area (Å²) < 4.78 is 5.14. The van der Waals surface area contributed by atoms with Gasteiger partial charge in [0.05, 0.1) is 6.61 Å². The van der Waals surface area contributed by atoms with Crippen LogP contribution < -0.4 is 0 Å². The number of esters is 1. The molecule has 176 valence electrons. The summed E-state index contributed by atoms with van der Waals surface area (Å²) in [6.45, 7) is 22.2. The third-order valence-electron chi connectivity index (χ3n) is 4.90. The van der Waals surface area contributed by atoms with Crippen molar-refractivity contribution in [3.05, 3.63) is 59.3 Å². The zero-order valence-electron chi connectivity index (χ0n) is 20.9. The number of carbonyl (C=O) groups is 1. The minimum Gasteiger partial charge on any atom is -0.461 e. The third-order valence-corrected chi connectivity index (χ3v) is 4.90. The average molecular weight is 433 g/mol. The summed E-state index contributed by atoms with van der Waals surface area (Å²) in [7, 11) is 0. The van der Waals surface area contributed by atoms with Gasteiger partial charge < -0.3 is 4.74 Å². The van der Waals surface area contributed by atoms with Gasteiger partial charge in [0, 0.05) is 12.8 Å². The van der Waals surface area contributed by atoms with Crippen LogP contribution in [-0.4, -0.2) is 25.3 Å². The van der Waals surface area contributed by atoms with E-state index in [1.165, 1.54) is 23.6 Å². The number of hydrogen-bond acceptors (Lipinski definition) is 4. The Morgan fingerprint density at radius 1 is 1.13 bits per heavy atom. The van der Waals surface area contributed by atoms with Gasteiger partial charge in [-0.1, -0.05) is 40.5 Å². The predicted molar refractivity (Wildman–Crippen MR) is 131 cm³/mol. The van der Waals surface area contributed by atoms with Gasteiger partial charge in [-0.2, -0.15) is 0 Å². The van der Waals surface area contributed by atoms with Gasteiger partial charge in [-0.3, -0.25) is 4.79 Å². The molecule has 0 N–H and O–H groups in total. The van der Waals surface area contributed by atoms with Crippen molar-refractivity contribution in [2.45, 2.75) is 86.7 Å². The molecule has 4 nitrogen and oxygen atoms in total. The third kappa shape index (κ3) is 15.5. The Morgan fingerprint density at radius 2 is 1.77 bits per heavy atom. The van der Waals surface area contributed by atoms with Gasteiger partial charge in [0.1, 0.15) is 12.7 Å². The van der Waals surface area contributed by atoms with Crippen molar-refractivity contribution >= 4 is 5.97 Å². The van der Waals surface area contributed by atoms with Crippen LogP contribution >= 0.6 is 0 Å². The standard InChI is InChI=1S/C18H28O4.C9H16/c1-6-16(12-20-15(5)19)17-8-7-14(4)11-18(17)22-21-10-9-13(2)3;1-8(2)6-5-7-9(3)4/h6,11,17-18H,2,7-10,12H2,1,3-5H3;7H,1,5-6H2,2-4H3/b16-6-;. The molecule has 0 aromatic carbocycles. The molecule has 0 aliphatic heterocycles. The molecule has 0 aromatic heterocycles. The SMILES string of the molecule is C=C(C)CCC=C(C)C.C=C(C)CCOOC1C=C(C)CCC1/C(=C\C)COC(C)=O. The highest BCUT2D eigenvalue weighted by Gasteiger charge is 2.28. The molecular formula is C27H44O4. The number of carbonyl (C=O) groups excluding carboxylic acids is 1. The molecule has 31 heavy (non-hydrogen) atoms. The van der Waals surface area contributed by atoms with E-state index in [1.54, 1.807) is 0 Å². The van der Waals surface area contributed by atoms with Crippen molar-refractivity contribution in [1.82, 2.24) is 0 Å². The molecule has 4 heteroatoms. The van der Waals surface area contributed by atoms with E-state index in [2.05, 4.69) is 53.0 Å². The fourth-order valence-corrected chi connectivity index (χ4v) is 3.06. The molecule has 2 unspecified atom stereocenters. The molecule has 0 saturated heterocycles. The molecule has 1 aliphatic carbocycles. The molecule has 0 spiro atoms. The maximum atomic E-state index is 11.0. The van der Waals surface area contributed by atoms with E-state index in [1.807, 2.05) is 19.9 Å². The van der Waals surface area contributed by atoms with E-state index in [0.29, 0.717) is 13.2 Å². The van der Waals surface area contributed by atoms with Crippen LogP contribution in [0.3, 0.4) is 0 Å². The molecule has 0 radical (unpaired) electrons. The Morgan fingerprint density at radius 3 is 2.29 bits per heavy atom. The van der Waals surface area contributed by atoms with E-state index in [-0.39, 0.29) is 18.0 Å². The monoisotopic (exact) mass is 432 g/mol. The number of ether oxygens (including phenoxy) is 1. The Kier molecular flexibility index (Phi) is 15.7. The summed E-state index contributed by atoms with van der Waals surface area (Å²) in [5.41, 5.74) is 6.11. The zero-order valence-corrected chi connectivity index (χ0v) is 20.9. The Labute approximate surface area is 190 Å². The fraction of sp³-hybridized carbons (Fsp3) is 0.593. The molecule has 0 bridgehead atoms. The molecule has 2 atom stereocenters. The summed E-state index contributed by atoms with van der Waals surface area (Å²) in [6, 6.07) is 0. The van der Waals surface area contributed by atoms with Crippen molar-refractivity contribution in [3.8, 4) is 0 Å². The van der Waals surface area contributed by atoms with Crippen LogP contribution in [0.15, 0.2) is 59.3 Å². The van der Waals surface area contributed by atoms with E-state index < -0.39 is 0 Å². The van der Waals surface area contributed by atoms with Crippen LogP contribution in [0.5, 0.6) is 0 Å². The Bertz CT molecular complexity index is 663. The second-order valence-corrected chi connectivity index (χ2v) is 8.67. The first-order valence-corrected chi connectivity index (χ1v) is 11.2. The second-order valence-electron chi connectivity index (χ2n) is 8.67. The highest BCUT2D eigenvalue weighted by atomic mass is 17.2. The summed E-state index contributed by atoms with van der Waals surface area (Å²) >= 11 is 0. The number of hydrogen-bond donors (Lipinski definition) is 0. The molecule has 0 aromatic rings. The number of rotatable bonds is 11. The van der Waals surface area contributed by atoms with E-state index in [9.17, 15) is 4.79 Å². The number of allylic oxidation sites excluding steroid dienone is 5. The lowest BCUT2D eigenvalue weighted by molar-refractivity contribution is -0.321. The van der Waals surface area contributed by atoms with Gasteiger partial charge in [0.2, 0.25) is 0 Å². The van der Waals surface area contributed by atoms with Crippen molar-refractivity contribution in [2.24, 2.45) is 5.92 Å². The van der Waals surface area contributed by atoms with Crippen LogP contribution in [0, 0.1) is 5.92 Å². The van der Waals surface area contributed by atoms with E-state index >= 15 is 0 Å². The second kappa shape index (κ2) is 16.7. The summed E-state index contributed by atoms with van der Waals surface area (Å²) in [4.78, 5) is 22.0. The highest BCUT2D eigenvalue weighted by Crippen LogP contribution is 2.32. The summed E-state index contributed by atoms with van der Waals surface area (Å²) in [6.07, 6.45) is 11.3. The van der Waals surface area contributed by atoms with Gasteiger partial charge in [0.15, 0.2) is 0 Å². The summed E-state index contributed by atoms with van der Waals surface area (Å²) in [5.74, 6) is -0.0880. The minimum absolute atomic E-state index is 0.138. The maximum absolute atomic E-state index is 11.0. The molecule has 0 fully saturated rings. The van der Waals surface area contributed by atoms with E-state index in [4.69, 9.17) is 14.5 Å². The largest absolute Gasteiger partial charge is 0.461 e. The molecule has 0 saturated carbocycles. The minimum atomic E-state index is -0.267. The lowest BCUT2D eigenvalue weighted by atomic mass is 9.82. The maximum Gasteiger partial charge on any atom is 0.302 e. The molecule has 0 amide bonds. The topological polar surface area (TPSA) is 44.8 Å². The van der Waals surface area contributed by atoms with Gasteiger partial charge >= 0.3 is 5.97 Å². The summed E-state index contributed by atoms with van der Waals surface area (Å²) in [5, 5.41) is 0. The van der Waals surface area contributed by atoms with Crippen LogP contribution in [-0.2, 0) is 19.3 Å². The van der Waals surface area contributed by atoms with Gasteiger partial charge in [0.25, 0.3) is 0 Å². The predicted octanol–water partition coefficient (Wildman–Crippen LogP) is 7.44. The van der Waals surface area contributed by atoms with Crippen molar-refractivity contribution in [3.63, 3.8) is 0 Å². The highest BCUT2D eigenvalue weighted by molar-refractivity contribution is 5.66. The first kappa shape index (κ1) is 29.1. The molecule has 1 aliphatic rings. The first-order chi connectivity index (χ1) is 14.6. The lowest BCUT2D eigenvalue weighted by Crippen LogP contribution is -2.29. The molecular weight excluding hydrogens is 388 g/mol.